The standard InChI is InChI=1S/C22H28N4O/c1-17-9-11-18(12-10-17)22(27)23-14-13-21-24-19-7-4-5-8-20(19)26(21)16-6-15-25(2)3/h4-5,7-12H,6,13-16H2,1-3H3,(H,23,27). The van der Waals surface area contributed by atoms with E-state index in [4.69, 9.17) is 4.98 Å². The summed E-state index contributed by atoms with van der Waals surface area (Å²) in [6, 6.07) is 15.9. The minimum atomic E-state index is -0.0368. The van der Waals surface area contributed by atoms with Gasteiger partial charge in [-0.25, -0.2) is 4.98 Å². The lowest BCUT2D eigenvalue weighted by molar-refractivity contribution is 0.0954. The Morgan fingerprint density at radius 3 is 2.59 bits per heavy atom. The molecule has 3 rings (SSSR count). The summed E-state index contributed by atoms with van der Waals surface area (Å²) in [5, 5.41) is 3.01. The van der Waals surface area contributed by atoms with Crippen LogP contribution in [0, 0.1) is 6.92 Å². The van der Waals surface area contributed by atoms with E-state index in [1.807, 2.05) is 43.3 Å². The highest BCUT2D eigenvalue weighted by Gasteiger charge is 2.11. The van der Waals surface area contributed by atoms with E-state index >= 15 is 0 Å². The van der Waals surface area contributed by atoms with Crippen molar-refractivity contribution in [2.75, 3.05) is 27.2 Å². The number of carbonyl (C=O) groups excluding carboxylic acids is 1. The van der Waals surface area contributed by atoms with E-state index < -0.39 is 0 Å². The van der Waals surface area contributed by atoms with E-state index in [1.165, 1.54) is 0 Å². The fourth-order valence-corrected chi connectivity index (χ4v) is 3.21. The van der Waals surface area contributed by atoms with Crippen LogP contribution in [0.25, 0.3) is 11.0 Å². The molecule has 1 aromatic heterocycles. The second-order valence-corrected chi connectivity index (χ2v) is 7.20. The Morgan fingerprint density at radius 2 is 1.85 bits per heavy atom. The molecule has 0 saturated heterocycles. The molecule has 5 heteroatoms. The van der Waals surface area contributed by atoms with Gasteiger partial charge < -0.3 is 14.8 Å². The molecule has 0 fully saturated rings. The molecule has 0 atom stereocenters. The first kappa shape index (κ1) is 19.1. The molecule has 27 heavy (non-hydrogen) atoms. The van der Waals surface area contributed by atoms with Gasteiger partial charge in [0.2, 0.25) is 0 Å². The smallest absolute Gasteiger partial charge is 0.251 e. The van der Waals surface area contributed by atoms with Crippen LogP contribution < -0.4 is 5.32 Å². The summed E-state index contributed by atoms with van der Waals surface area (Å²) >= 11 is 0. The number of aryl methyl sites for hydroxylation is 2. The van der Waals surface area contributed by atoms with Crippen molar-refractivity contribution in [3.63, 3.8) is 0 Å². The van der Waals surface area contributed by atoms with E-state index in [2.05, 4.69) is 41.0 Å². The second kappa shape index (κ2) is 8.82. The van der Waals surface area contributed by atoms with Crippen LogP contribution >= 0.6 is 0 Å². The molecule has 0 spiro atoms. The van der Waals surface area contributed by atoms with Crippen molar-refractivity contribution in [1.82, 2.24) is 19.8 Å². The number of rotatable bonds is 8. The largest absolute Gasteiger partial charge is 0.352 e. The van der Waals surface area contributed by atoms with Gasteiger partial charge in [0.05, 0.1) is 11.0 Å². The Morgan fingerprint density at radius 1 is 1.11 bits per heavy atom. The van der Waals surface area contributed by atoms with E-state index in [1.54, 1.807) is 0 Å². The molecule has 0 saturated carbocycles. The number of para-hydroxylation sites is 2. The van der Waals surface area contributed by atoms with Crippen molar-refractivity contribution in [3.8, 4) is 0 Å². The summed E-state index contributed by atoms with van der Waals surface area (Å²) in [4.78, 5) is 19.3. The lowest BCUT2D eigenvalue weighted by atomic mass is 10.1. The van der Waals surface area contributed by atoms with Gasteiger partial charge in [0, 0.05) is 25.1 Å². The predicted molar refractivity (Wildman–Crippen MR) is 110 cm³/mol. The summed E-state index contributed by atoms with van der Waals surface area (Å²) in [7, 11) is 4.18. The Labute approximate surface area is 161 Å². The van der Waals surface area contributed by atoms with Crippen LogP contribution in [0.3, 0.4) is 0 Å². The molecular formula is C22H28N4O. The van der Waals surface area contributed by atoms with Crippen LogP contribution in [0.15, 0.2) is 48.5 Å². The van der Waals surface area contributed by atoms with E-state index in [0.29, 0.717) is 18.5 Å². The molecular weight excluding hydrogens is 336 g/mol. The van der Waals surface area contributed by atoms with E-state index in [0.717, 1.165) is 41.9 Å². The molecule has 5 nitrogen and oxygen atoms in total. The van der Waals surface area contributed by atoms with Gasteiger partial charge in [-0.2, -0.15) is 0 Å². The van der Waals surface area contributed by atoms with E-state index in [-0.39, 0.29) is 5.91 Å². The highest BCUT2D eigenvalue weighted by molar-refractivity contribution is 5.94. The van der Waals surface area contributed by atoms with Crippen molar-refractivity contribution < 1.29 is 4.79 Å². The topological polar surface area (TPSA) is 50.2 Å². The summed E-state index contributed by atoms with van der Waals surface area (Å²) < 4.78 is 2.29. The highest BCUT2D eigenvalue weighted by atomic mass is 16.1. The number of fused-ring (bicyclic) bond motifs is 1. The lowest BCUT2D eigenvalue weighted by Gasteiger charge is -2.13. The van der Waals surface area contributed by atoms with Gasteiger partial charge in [-0.15, -0.1) is 0 Å². The van der Waals surface area contributed by atoms with Crippen LogP contribution in [0.2, 0.25) is 0 Å². The Kier molecular flexibility index (Phi) is 6.24. The normalized spacial score (nSPS) is 11.3. The molecule has 0 aliphatic rings. The number of nitrogens with one attached hydrogen (secondary N) is 1. The third kappa shape index (κ3) is 4.95. The molecule has 0 aliphatic heterocycles. The fourth-order valence-electron chi connectivity index (χ4n) is 3.21. The van der Waals surface area contributed by atoms with Gasteiger partial charge >= 0.3 is 0 Å². The van der Waals surface area contributed by atoms with Crippen molar-refractivity contribution in [2.45, 2.75) is 26.3 Å². The maximum absolute atomic E-state index is 12.3. The average molecular weight is 364 g/mol. The molecule has 0 unspecified atom stereocenters. The molecule has 0 bridgehead atoms. The number of nitrogens with zero attached hydrogens (tertiary/aromatic N) is 3. The first-order chi connectivity index (χ1) is 13.0. The molecule has 142 valence electrons. The van der Waals surface area contributed by atoms with Crippen LogP contribution in [0.1, 0.15) is 28.2 Å². The van der Waals surface area contributed by atoms with Crippen molar-refractivity contribution in [2.24, 2.45) is 0 Å². The minimum absolute atomic E-state index is 0.0368. The molecule has 1 heterocycles. The zero-order chi connectivity index (χ0) is 19.2. The van der Waals surface area contributed by atoms with Gasteiger partial charge in [-0.3, -0.25) is 4.79 Å². The zero-order valence-corrected chi connectivity index (χ0v) is 16.4. The molecule has 1 amide bonds. The first-order valence-corrected chi connectivity index (χ1v) is 9.48. The van der Waals surface area contributed by atoms with Gasteiger partial charge in [0.1, 0.15) is 5.82 Å². The lowest BCUT2D eigenvalue weighted by Crippen LogP contribution is -2.26. The third-order valence-electron chi connectivity index (χ3n) is 4.67. The van der Waals surface area contributed by atoms with E-state index in [9.17, 15) is 4.79 Å². The second-order valence-electron chi connectivity index (χ2n) is 7.20. The number of hydrogen-bond donors (Lipinski definition) is 1. The van der Waals surface area contributed by atoms with Gasteiger partial charge in [-0.05, 0) is 58.3 Å². The van der Waals surface area contributed by atoms with Crippen LogP contribution in [0.5, 0.6) is 0 Å². The Bertz CT molecular complexity index is 896. The van der Waals surface area contributed by atoms with Crippen molar-refractivity contribution in [1.29, 1.82) is 0 Å². The first-order valence-electron chi connectivity index (χ1n) is 9.48. The van der Waals surface area contributed by atoms with Crippen molar-refractivity contribution >= 4 is 16.9 Å². The molecule has 0 radical (unpaired) electrons. The molecule has 3 aromatic rings. The zero-order valence-electron chi connectivity index (χ0n) is 16.4. The van der Waals surface area contributed by atoms with Crippen LogP contribution in [0.4, 0.5) is 0 Å². The Balaban J connectivity index is 1.66. The molecule has 0 aliphatic carbocycles. The van der Waals surface area contributed by atoms with Crippen LogP contribution in [-0.2, 0) is 13.0 Å². The number of carbonyl (C=O) groups is 1. The number of imidazole rings is 1. The number of hydrogen-bond acceptors (Lipinski definition) is 3. The monoisotopic (exact) mass is 364 g/mol. The quantitative estimate of drug-likeness (QED) is 0.667. The molecule has 1 N–H and O–H groups in total. The predicted octanol–water partition coefficient (Wildman–Crippen LogP) is 3.27. The summed E-state index contributed by atoms with van der Waals surface area (Å²) in [6.07, 6.45) is 1.78. The summed E-state index contributed by atoms with van der Waals surface area (Å²) in [6.45, 7) is 4.56. The maximum atomic E-state index is 12.3. The van der Waals surface area contributed by atoms with Crippen molar-refractivity contribution in [3.05, 3.63) is 65.5 Å². The van der Waals surface area contributed by atoms with Crippen LogP contribution in [-0.4, -0.2) is 47.5 Å². The average Bonchev–Trinajstić information content (AvgIpc) is 3.00. The number of amides is 1. The number of aromatic nitrogens is 2. The summed E-state index contributed by atoms with van der Waals surface area (Å²) in [5.41, 5.74) is 4.02. The number of benzene rings is 2. The fraction of sp³-hybridized carbons (Fsp3) is 0.364. The SMILES string of the molecule is Cc1ccc(C(=O)NCCc2nc3ccccc3n2CCCN(C)C)cc1. The Hall–Kier alpha value is -2.66. The van der Waals surface area contributed by atoms with Gasteiger partial charge in [-0.1, -0.05) is 29.8 Å². The maximum Gasteiger partial charge on any atom is 0.251 e. The summed E-state index contributed by atoms with van der Waals surface area (Å²) in [5.74, 6) is 0.990. The molecule has 2 aromatic carbocycles. The minimum Gasteiger partial charge on any atom is -0.352 e. The third-order valence-corrected chi connectivity index (χ3v) is 4.67. The van der Waals surface area contributed by atoms with Gasteiger partial charge in [0.25, 0.3) is 5.91 Å². The van der Waals surface area contributed by atoms with Gasteiger partial charge in [0.15, 0.2) is 0 Å². The highest BCUT2D eigenvalue weighted by Crippen LogP contribution is 2.17.